The fourth-order valence-corrected chi connectivity index (χ4v) is 3.19. The zero-order valence-corrected chi connectivity index (χ0v) is 13.3. The van der Waals surface area contributed by atoms with E-state index in [1.807, 2.05) is 18.2 Å². The van der Waals surface area contributed by atoms with E-state index in [9.17, 15) is 9.90 Å². The summed E-state index contributed by atoms with van der Waals surface area (Å²) >= 11 is 0. The molecule has 2 aromatic rings. The van der Waals surface area contributed by atoms with Crippen LogP contribution >= 0.6 is 0 Å². The van der Waals surface area contributed by atoms with Crippen molar-refractivity contribution in [3.05, 3.63) is 65.2 Å². The lowest BCUT2D eigenvalue weighted by atomic mass is 10.1. The van der Waals surface area contributed by atoms with E-state index in [0.717, 1.165) is 18.4 Å². The summed E-state index contributed by atoms with van der Waals surface area (Å²) in [6.07, 6.45) is 1.80. The van der Waals surface area contributed by atoms with Crippen molar-refractivity contribution in [2.45, 2.75) is 18.9 Å². The number of hydrogen-bond donors (Lipinski definition) is 2. The van der Waals surface area contributed by atoms with Crippen molar-refractivity contribution in [2.75, 3.05) is 18.5 Å². The zero-order chi connectivity index (χ0) is 16.9. The molecule has 5 nitrogen and oxygen atoms in total. The number of nitrogens with zero attached hydrogens (tertiary/aromatic N) is 2. The van der Waals surface area contributed by atoms with Crippen molar-refractivity contribution in [3.63, 3.8) is 0 Å². The maximum Gasteiger partial charge on any atom is 0.322 e. The van der Waals surface area contributed by atoms with Gasteiger partial charge >= 0.3 is 6.03 Å². The maximum atomic E-state index is 12.7. The van der Waals surface area contributed by atoms with Gasteiger partial charge in [-0.15, -0.1) is 0 Å². The molecule has 0 fully saturated rings. The summed E-state index contributed by atoms with van der Waals surface area (Å²) in [6, 6.07) is 16.6. The average molecular weight is 321 g/mol. The van der Waals surface area contributed by atoms with Crippen molar-refractivity contribution < 1.29 is 9.90 Å². The molecule has 0 aromatic heterocycles. The Labute approximate surface area is 141 Å². The number of aryl methyl sites for hydroxylation is 1. The molecule has 2 N–H and O–H groups in total. The molecule has 1 aliphatic carbocycles. The number of aliphatic hydroxyl groups excluding tert-OH is 1. The molecular weight excluding hydrogens is 302 g/mol. The minimum atomic E-state index is -0.240. The van der Waals surface area contributed by atoms with Gasteiger partial charge < -0.3 is 15.3 Å². The van der Waals surface area contributed by atoms with Crippen LogP contribution in [0.1, 0.15) is 29.2 Å². The van der Waals surface area contributed by atoms with Crippen LogP contribution in [-0.4, -0.2) is 29.2 Å². The van der Waals surface area contributed by atoms with Gasteiger partial charge in [0.05, 0.1) is 24.3 Å². The number of fused-ring (bicyclic) bond motifs is 1. The number of carbonyl (C=O) groups excluding carboxylic acids is 1. The van der Waals surface area contributed by atoms with Gasteiger partial charge in [-0.3, -0.25) is 0 Å². The number of nitrogens with one attached hydrogen (secondary N) is 1. The maximum absolute atomic E-state index is 12.7. The number of urea groups is 1. The Morgan fingerprint density at radius 1 is 1.25 bits per heavy atom. The Morgan fingerprint density at radius 3 is 2.71 bits per heavy atom. The Morgan fingerprint density at radius 2 is 2.00 bits per heavy atom. The molecular formula is C19H19N3O2. The van der Waals surface area contributed by atoms with Crippen LogP contribution in [-0.2, 0) is 6.42 Å². The molecule has 0 bridgehead atoms. The third kappa shape index (κ3) is 3.24. The molecule has 1 unspecified atom stereocenters. The van der Waals surface area contributed by atoms with Crippen LogP contribution in [0.3, 0.4) is 0 Å². The largest absolute Gasteiger partial charge is 0.395 e. The predicted octanol–water partition coefficient (Wildman–Crippen LogP) is 3.07. The monoisotopic (exact) mass is 321 g/mol. The third-order valence-electron chi connectivity index (χ3n) is 4.34. The minimum Gasteiger partial charge on any atom is -0.395 e. The summed E-state index contributed by atoms with van der Waals surface area (Å²) in [5.41, 5.74) is 3.59. The minimum absolute atomic E-state index is 0.0215. The fraction of sp³-hybridized carbons (Fsp3) is 0.263. The Balaban J connectivity index is 1.78. The van der Waals surface area contributed by atoms with E-state index < -0.39 is 0 Å². The highest BCUT2D eigenvalue weighted by atomic mass is 16.3. The second kappa shape index (κ2) is 7.16. The SMILES string of the molecule is N#Cc1ccc(NC(=O)N(CCO)C2CCc3ccccc32)cc1. The van der Waals surface area contributed by atoms with Gasteiger partial charge in [0.15, 0.2) is 0 Å². The number of carbonyl (C=O) groups is 1. The van der Waals surface area contributed by atoms with Crippen LogP contribution in [0.4, 0.5) is 10.5 Å². The van der Waals surface area contributed by atoms with Gasteiger partial charge in [0.1, 0.15) is 0 Å². The van der Waals surface area contributed by atoms with Crippen molar-refractivity contribution in [3.8, 4) is 6.07 Å². The molecule has 2 amide bonds. The van der Waals surface area contributed by atoms with E-state index in [1.165, 1.54) is 5.56 Å². The van der Waals surface area contributed by atoms with Crippen LogP contribution in [0.5, 0.6) is 0 Å². The first-order valence-electron chi connectivity index (χ1n) is 7.99. The number of benzene rings is 2. The summed E-state index contributed by atoms with van der Waals surface area (Å²) in [5.74, 6) is 0. The van der Waals surface area contributed by atoms with E-state index in [4.69, 9.17) is 5.26 Å². The van der Waals surface area contributed by atoms with Crippen LogP contribution in [0.2, 0.25) is 0 Å². The van der Waals surface area contributed by atoms with Crippen LogP contribution in [0, 0.1) is 11.3 Å². The number of hydrogen-bond acceptors (Lipinski definition) is 3. The summed E-state index contributed by atoms with van der Waals surface area (Å²) in [4.78, 5) is 14.4. The third-order valence-corrected chi connectivity index (χ3v) is 4.34. The molecule has 5 heteroatoms. The van der Waals surface area contributed by atoms with Gasteiger partial charge in [-0.25, -0.2) is 4.79 Å². The molecule has 122 valence electrons. The Bertz CT molecular complexity index is 765. The Kier molecular flexibility index (Phi) is 4.78. The van der Waals surface area contributed by atoms with Crippen LogP contribution in [0.15, 0.2) is 48.5 Å². The van der Waals surface area contributed by atoms with E-state index in [0.29, 0.717) is 11.3 Å². The van der Waals surface area contributed by atoms with Crippen molar-refractivity contribution in [1.29, 1.82) is 5.26 Å². The quantitative estimate of drug-likeness (QED) is 0.908. The number of rotatable bonds is 4. The first-order chi connectivity index (χ1) is 11.7. The highest BCUT2D eigenvalue weighted by molar-refractivity contribution is 5.89. The second-order valence-corrected chi connectivity index (χ2v) is 5.79. The molecule has 0 saturated carbocycles. The van der Waals surface area contributed by atoms with Gasteiger partial charge in [0, 0.05) is 12.2 Å². The van der Waals surface area contributed by atoms with E-state index >= 15 is 0 Å². The van der Waals surface area contributed by atoms with Gasteiger partial charge in [-0.1, -0.05) is 24.3 Å². The topological polar surface area (TPSA) is 76.4 Å². The number of nitriles is 1. The molecule has 0 spiro atoms. The van der Waals surface area contributed by atoms with Crippen LogP contribution in [0.25, 0.3) is 0 Å². The first kappa shape index (κ1) is 16.0. The Hall–Kier alpha value is -2.84. The van der Waals surface area contributed by atoms with Gasteiger partial charge in [-0.2, -0.15) is 5.26 Å². The smallest absolute Gasteiger partial charge is 0.322 e. The van der Waals surface area contributed by atoms with Crippen LogP contribution < -0.4 is 5.32 Å². The number of anilines is 1. The first-order valence-corrected chi connectivity index (χ1v) is 7.99. The van der Waals surface area contributed by atoms with E-state index in [-0.39, 0.29) is 25.2 Å². The summed E-state index contributed by atoms with van der Waals surface area (Å²) in [6.45, 7) is 0.195. The van der Waals surface area contributed by atoms with Gasteiger partial charge in [0.25, 0.3) is 0 Å². The average Bonchev–Trinajstić information content (AvgIpc) is 3.04. The molecule has 0 heterocycles. The normalized spacial score (nSPS) is 15.4. The molecule has 3 rings (SSSR count). The lowest BCUT2D eigenvalue weighted by molar-refractivity contribution is 0.162. The lowest BCUT2D eigenvalue weighted by Crippen LogP contribution is -2.39. The molecule has 2 aromatic carbocycles. The zero-order valence-electron chi connectivity index (χ0n) is 13.3. The summed E-state index contributed by atoms with van der Waals surface area (Å²) in [5, 5.41) is 21.1. The highest BCUT2D eigenvalue weighted by Crippen LogP contribution is 2.35. The summed E-state index contributed by atoms with van der Waals surface area (Å²) < 4.78 is 0. The molecule has 1 atom stereocenters. The van der Waals surface area contributed by atoms with Crippen molar-refractivity contribution in [1.82, 2.24) is 4.90 Å². The fourth-order valence-electron chi connectivity index (χ4n) is 3.19. The van der Waals surface area contributed by atoms with E-state index in [1.54, 1.807) is 29.2 Å². The lowest BCUT2D eigenvalue weighted by Gasteiger charge is -2.29. The molecule has 1 aliphatic rings. The summed E-state index contributed by atoms with van der Waals surface area (Å²) in [7, 11) is 0. The van der Waals surface area contributed by atoms with Crippen molar-refractivity contribution >= 4 is 11.7 Å². The van der Waals surface area contributed by atoms with Gasteiger partial charge in [0.2, 0.25) is 0 Å². The van der Waals surface area contributed by atoms with Gasteiger partial charge in [-0.05, 0) is 48.2 Å². The highest BCUT2D eigenvalue weighted by Gasteiger charge is 2.30. The number of amides is 2. The molecule has 24 heavy (non-hydrogen) atoms. The molecule has 0 aliphatic heterocycles. The number of aliphatic hydroxyl groups is 1. The molecule has 0 radical (unpaired) electrons. The molecule has 0 saturated heterocycles. The second-order valence-electron chi connectivity index (χ2n) is 5.79. The predicted molar refractivity (Wildman–Crippen MR) is 91.5 cm³/mol. The standard InChI is InChI=1S/C19H19N3O2/c20-13-14-5-8-16(9-6-14)21-19(24)22(11-12-23)18-10-7-15-3-1-2-4-17(15)18/h1-6,8-9,18,23H,7,10-12H2,(H,21,24). The van der Waals surface area contributed by atoms with E-state index in [2.05, 4.69) is 17.5 Å². The van der Waals surface area contributed by atoms with Crippen molar-refractivity contribution in [2.24, 2.45) is 0 Å².